The summed E-state index contributed by atoms with van der Waals surface area (Å²) < 4.78 is 8.05. The van der Waals surface area contributed by atoms with Gasteiger partial charge in [0.25, 0.3) is 0 Å². The van der Waals surface area contributed by atoms with Crippen LogP contribution in [0.25, 0.3) is 22.2 Å². The highest BCUT2D eigenvalue weighted by Crippen LogP contribution is 2.40. The summed E-state index contributed by atoms with van der Waals surface area (Å²) in [7, 11) is 2.02. The van der Waals surface area contributed by atoms with E-state index in [1.54, 1.807) is 0 Å². The fourth-order valence-corrected chi connectivity index (χ4v) is 3.35. The normalized spacial score (nSPS) is 15.6. The van der Waals surface area contributed by atoms with Crippen LogP contribution in [0, 0.1) is 0 Å². The average molecular weight is 304 g/mol. The average Bonchev–Trinajstić information content (AvgIpc) is 2.51. The maximum atomic E-state index is 6.01. The number of anilines is 1. The zero-order chi connectivity index (χ0) is 15.4. The smallest absolute Gasteiger partial charge is 0.195 e. The van der Waals surface area contributed by atoms with Crippen LogP contribution in [0.5, 0.6) is 5.75 Å². The lowest BCUT2D eigenvalue weighted by Gasteiger charge is -2.34. The molecule has 0 amide bonds. The number of hydrogen-bond donors (Lipinski definition) is 0. The van der Waals surface area contributed by atoms with Gasteiger partial charge in [-0.3, -0.25) is 0 Å². The lowest BCUT2D eigenvalue weighted by atomic mass is 10.00. The standard InChI is InChI=1S/C19H18N3O/c1-21-8-5-13-9-14-12-23-18-10-15(22-6-2-7-22)3-4-16(18)19(14)20-17(13)11-21/h3-5,8-11H,2,6-7,12H2,1H3/q+1. The molecule has 0 radical (unpaired) electrons. The van der Waals surface area contributed by atoms with Crippen molar-refractivity contribution in [2.24, 2.45) is 7.05 Å². The molecule has 3 aromatic rings. The van der Waals surface area contributed by atoms with Gasteiger partial charge in [0, 0.05) is 47.4 Å². The summed E-state index contributed by atoms with van der Waals surface area (Å²) in [6.45, 7) is 2.89. The summed E-state index contributed by atoms with van der Waals surface area (Å²) in [6.07, 6.45) is 5.40. The quantitative estimate of drug-likeness (QED) is 0.647. The van der Waals surface area contributed by atoms with Gasteiger partial charge in [-0.05, 0) is 24.6 Å². The molecule has 0 bridgehead atoms. The molecular formula is C19H18N3O+. The molecule has 114 valence electrons. The third-order valence-electron chi connectivity index (χ3n) is 4.80. The van der Waals surface area contributed by atoms with E-state index < -0.39 is 0 Å². The molecule has 1 aromatic carbocycles. The first-order valence-corrected chi connectivity index (χ1v) is 8.09. The summed E-state index contributed by atoms with van der Waals surface area (Å²) >= 11 is 0. The number of pyridine rings is 2. The fraction of sp³-hybridized carbons (Fsp3) is 0.263. The van der Waals surface area contributed by atoms with Crippen LogP contribution in [0.15, 0.2) is 42.7 Å². The van der Waals surface area contributed by atoms with Gasteiger partial charge >= 0.3 is 0 Å². The highest BCUT2D eigenvalue weighted by molar-refractivity contribution is 5.84. The van der Waals surface area contributed by atoms with Crippen LogP contribution in [0.2, 0.25) is 0 Å². The molecule has 0 N–H and O–H groups in total. The van der Waals surface area contributed by atoms with Gasteiger partial charge in [0.2, 0.25) is 0 Å². The van der Waals surface area contributed by atoms with E-state index in [1.165, 1.54) is 12.1 Å². The zero-order valence-electron chi connectivity index (χ0n) is 13.1. The number of rotatable bonds is 1. The number of benzene rings is 1. The molecule has 23 heavy (non-hydrogen) atoms. The number of ether oxygens (including phenoxy) is 1. The predicted molar refractivity (Wildman–Crippen MR) is 89.5 cm³/mol. The van der Waals surface area contributed by atoms with Crippen LogP contribution >= 0.6 is 0 Å². The van der Waals surface area contributed by atoms with Gasteiger partial charge in [0.05, 0.1) is 5.69 Å². The number of aryl methyl sites for hydroxylation is 1. The third kappa shape index (κ3) is 1.98. The van der Waals surface area contributed by atoms with Crippen LogP contribution in [-0.4, -0.2) is 18.1 Å². The molecule has 5 rings (SSSR count). The van der Waals surface area contributed by atoms with E-state index in [4.69, 9.17) is 9.72 Å². The van der Waals surface area contributed by atoms with Crippen LogP contribution in [0.3, 0.4) is 0 Å². The Balaban J connectivity index is 1.67. The summed E-state index contributed by atoms with van der Waals surface area (Å²) in [5, 5.41) is 1.16. The Morgan fingerprint density at radius 3 is 2.91 bits per heavy atom. The molecule has 4 heterocycles. The molecule has 2 aliphatic heterocycles. The second-order valence-corrected chi connectivity index (χ2v) is 6.39. The second-order valence-electron chi connectivity index (χ2n) is 6.39. The van der Waals surface area contributed by atoms with Crippen molar-refractivity contribution in [2.75, 3.05) is 18.0 Å². The summed E-state index contributed by atoms with van der Waals surface area (Å²) in [4.78, 5) is 7.29. The Morgan fingerprint density at radius 1 is 1.17 bits per heavy atom. The lowest BCUT2D eigenvalue weighted by molar-refractivity contribution is -0.670. The first-order chi connectivity index (χ1) is 11.3. The molecule has 0 atom stereocenters. The molecule has 0 unspecified atom stereocenters. The van der Waals surface area contributed by atoms with Crippen LogP contribution in [-0.2, 0) is 13.7 Å². The molecule has 0 spiro atoms. The Kier molecular flexibility index (Phi) is 2.62. The molecule has 1 saturated heterocycles. The lowest BCUT2D eigenvalue weighted by Crippen LogP contribution is -2.36. The molecule has 2 aromatic heterocycles. The van der Waals surface area contributed by atoms with E-state index in [0.717, 1.165) is 46.6 Å². The SMILES string of the molecule is C[n+]1ccc2cc3c(nc2c1)-c1ccc(N2CCC2)cc1OC3. The molecule has 0 aliphatic carbocycles. The Morgan fingerprint density at radius 2 is 2.09 bits per heavy atom. The van der Waals surface area contributed by atoms with Crippen LogP contribution in [0.4, 0.5) is 5.69 Å². The Bertz CT molecular complexity index is 931. The molecular weight excluding hydrogens is 286 g/mol. The molecule has 4 nitrogen and oxygen atoms in total. The maximum Gasteiger partial charge on any atom is 0.195 e. The minimum Gasteiger partial charge on any atom is -0.488 e. The van der Waals surface area contributed by atoms with Crippen LogP contribution < -0.4 is 14.2 Å². The monoisotopic (exact) mass is 304 g/mol. The summed E-state index contributed by atoms with van der Waals surface area (Å²) in [6, 6.07) is 10.8. The topological polar surface area (TPSA) is 29.2 Å². The van der Waals surface area contributed by atoms with Gasteiger partial charge in [-0.15, -0.1) is 0 Å². The molecule has 2 aliphatic rings. The molecule has 0 saturated carbocycles. The van der Waals surface area contributed by atoms with Gasteiger partial charge in [-0.25, -0.2) is 9.55 Å². The summed E-state index contributed by atoms with van der Waals surface area (Å²) in [5.41, 5.74) is 5.60. The summed E-state index contributed by atoms with van der Waals surface area (Å²) in [5.74, 6) is 0.953. The van der Waals surface area contributed by atoms with Crippen molar-refractivity contribution in [2.45, 2.75) is 13.0 Å². The van der Waals surface area contributed by atoms with Crippen molar-refractivity contribution >= 4 is 16.6 Å². The Hall–Kier alpha value is -2.62. The second kappa shape index (κ2) is 4.69. The highest BCUT2D eigenvalue weighted by Gasteiger charge is 2.22. The van der Waals surface area contributed by atoms with Crippen molar-refractivity contribution in [1.29, 1.82) is 0 Å². The number of hydrogen-bond acceptors (Lipinski definition) is 3. The predicted octanol–water partition coefficient (Wildman–Crippen LogP) is 2.83. The van der Waals surface area contributed by atoms with Gasteiger partial charge in [0.1, 0.15) is 24.9 Å². The largest absolute Gasteiger partial charge is 0.488 e. The first-order valence-electron chi connectivity index (χ1n) is 8.09. The van der Waals surface area contributed by atoms with E-state index in [9.17, 15) is 0 Å². The molecule has 4 heteroatoms. The molecule has 1 fully saturated rings. The number of aromatic nitrogens is 2. The van der Waals surface area contributed by atoms with Crippen molar-refractivity contribution in [3.05, 3.63) is 48.3 Å². The van der Waals surface area contributed by atoms with Crippen LogP contribution in [0.1, 0.15) is 12.0 Å². The van der Waals surface area contributed by atoms with E-state index in [0.29, 0.717) is 6.61 Å². The minimum absolute atomic E-state index is 0.593. The maximum absolute atomic E-state index is 6.01. The van der Waals surface area contributed by atoms with E-state index in [2.05, 4.69) is 41.4 Å². The number of fused-ring (bicyclic) bond motifs is 4. The van der Waals surface area contributed by atoms with Gasteiger partial charge < -0.3 is 9.64 Å². The minimum atomic E-state index is 0.593. The van der Waals surface area contributed by atoms with E-state index >= 15 is 0 Å². The van der Waals surface area contributed by atoms with E-state index in [-0.39, 0.29) is 0 Å². The fourth-order valence-electron chi connectivity index (χ4n) is 3.35. The zero-order valence-corrected chi connectivity index (χ0v) is 13.1. The number of nitrogens with zero attached hydrogens (tertiary/aromatic N) is 3. The van der Waals surface area contributed by atoms with Gasteiger partial charge in [-0.1, -0.05) is 0 Å². The van der Waals surface area contributed by atoms with Gasteiger partial charge in [0.15, 0.2) is 12.4 Å². The van der Waals surface area contributed by atoms with Crippen molar-refractivity contribution in [1.82, 2.24) is 4.98 Å². The van der Waals surface area contributed by atoms with E-state index in [1.807, 2.05) is 17.8 Å². The van der Waals surface area contributed by atoms with Crippen molar-refractivity contribution in [3.63, 3.8) is 0 Å². The third-order valence-corrected chi connectivity index (χ3v) is 4.80. The van der Waals surface area contributed by atoms with Crippen molar-refractivity contribution in [3.8, 4) is 17.0 Å². The van der Waals surface area contributed by atoms with Gasteiger partial charge in [-0.2, -0.15) is 0 Å². The Labute approximate surface area is 135 Å². The van der Waals surface area contributed by atoms with Crippen molar-refractivity contribution < 1.29 is 9.30 Å². The highest BCUT2D eigenvalue weighted by atomic mass is 16.5. The first kappa shape index (κ1) is 12.9.